The lowest BCUT2D eigenvalue weighted by Gasteiger charge is -2.25. The molecule has 2 rings (SSSR count). The molecule has 0 aliphatic heterocycles. The van der Waals surface area contributed by atoms with E-state index in [0.717, 1.165) is 30.4 Å². The number of ether oxygens (including phenoxy) is 1. The first-order valence-electron chi connectivity index (χ1n) is 6.25. The van der Waals surface area contributed by atoms with Crippen molar-refractivity contribution in [3.63, 3.8) is 0 Å². The number of alkyl halides is 1. The minimum absolute atomic E-state index is 0.0418. The molecule has 1 aromatic carbocycles. The maximum atomic E-state index is 14.0. The molecule has 1 atom stereocenters. The van der Waals surface area contributed by atoms with Crippen LogP contribution in [-0.4, -0.2) is 6.86 Å². The van der Waals surface area contributed by atoms with E-state index < -0.39 is 6.86 Å². The topological polar surface area (TPSA) is 9.23 Å². The van der Waals surface area contributed by atoms with Crippen molar-refractivity contribution < 1.29 is 13.5 Å². The number of halogens is 2. The molecule has 1 unspecified atom stereocenters. The fourth-order valence-electron chi connectivity index (χ4n) is 2.69. The lowest BCUT2D eigenvalue weighted by Crippen LogP contribution is -2.16. The van der Waals surface area contributed by atoms with Crippen molar-refractivity contribution in [3.8, 4) is 5.75 Å². The lowest BCUT2D eigenvalue weighted by molar-refractivity contribution is 0.183. The molecule has 0 radical (unpaired) electrons. The maximum absolute atomic E-state index is 14.0. The molecule has 0 amide bonds. The minimum atomic E-state index is -0.978. The van der Waals surface area contributed by atoms with Gasteiger partial charge in [0.05, 0.1) is 0 Å². The van der Waals surface area contributed by atoms with E-state index in [2.05, 4.69) is 11.7 Å². The molecule has 17 heavy (non-hydrogen) atoms. The van der Waals surface area contributed by atoms with Crippen molar-refractivity contribution in [2.75, 3.05) is 6.86 Å². The Hall–Kier alpha value is -1.12. The first kappa shape index (κ1) is 12.3. The predicted molar refractivity (Wildman–Crippen MR) is 63.4 cm³/mol. The molecule has 0 N–H and O–H groups in total. The summed E-state index contributed by atoms with van der Waals surface area (Å²) in [6.07, 6.45) is 5.08. The highest BCUT2D eigenvalue weighted by Gasteiger charge is 2.22. The summed E-state index contributed by atoms with van der Waals surface area (Å²) in [6.45, 7) is 1.20. The predicted octanol–water partition coefficient (Wildman–Crippen LogP) is 4.04. The van der Waals surface area contributed by atoms with Crippen molar-refractivity contribution in [2.24, 2.45) is 5.92 Å². The molecule has 1 aliphatic carbocycles. The molecule has 0 saturated carbocycles. The van der Waals surface area contributed by atoms with E-state index in [1.54, 1.807) is 6.07 Å². The number of benzene rings is 1. The summed E-state index contributed by atoms with van der Waals surface area (Å²) in [5, 5.41) is 0. The van der Waals surface area contributed by atoms with Gasteiger partial charge in [0.1, 0.15) is 0 Å². The van der Waals surface area contributed by atoms with Crippen LogP contribution in [0.15, 0.2) is 12.1 Å². The number of rotatable bonds is 4. The summed E-state index contributed by atoms with van der Waals surface area (Å²) >= 11 is 0. The van der Waals surface area contributed by atoms with Crippen LogP contribution in [0, 0.1) is 11.7 Å². The molecule has 1 nitrogen and oxygen atoms in total. The van der Waals surface area contributed by atoms with Crippen molar-refractivity contribution in [2.45, 2.75) is 39.0 Å². The maximum Gasteiger partial charge on any atom is 0.228 e. The third kappa shape index (κ3) is 2.59. The van der Waals surface area contributed by atoms with Crippen LogP contribution in [0.4, 0.5) is 8.78 Å². The highest BCUT2D eigenvalue weighted by atomic mass is 19.1. The molecule has 0 spiro atoms. The van der Waals surface area contributed by atoms with E-state index in [1.807, 2.05) is 6.07 Å². The Morgan fingerprint density at radius 2 is 2.24 bits per heavy atom. The van der Waals surface area contributed by atoms with Gasteiger partial charge >= 0.3 is 0 Å². The Balaban J connectivity index is 2.21. The molecular weight excluding hydrogens is 222 g/mol. The zero-order valence-corrected chi connectivity index (χ0v) is 10.1. The van der Waals surface area contributed by atoms with Crippen LogP contribution in [-0.2, 0) is 12.8 Å². The number of hydrogen-bond acceptors (Lipinski definition) is 1. The van der Waals surface area contributed by atoms with Crippen molar-refractivity contribution in [3.05, 3.63) is 29.1 Å². The van der Waals surface area contributed by atoms with Gasteiger partial charge in [0.2, 0.25) is 6.86 Å². The Morgan fingerprint density at radius 1 is 1.41 bits per heavy atom. The standard InChI is InChI=1S/C14H18F2O/c1-2-3-10-4-6-12-11(8-10)5-7-13(14(12)16)17-9-15/h5,7,10H,2-4,6,8-9H2,1H3. The summed E-state index contributed by atoms with van der Waals surface area (Å²) in [5.74, 6) is 0.343. The van der Waals surface area contributed by atoms with E-state index in [4.69, 9.17) is 0 Å². The summed E-state index contributed by atoms with van der Waals surface area (Å²) < 4.78 is 30.7. The first-order valence-corrected chi connectivity index (χ1v) is 6.25. The van der Waals surface area contributed by atoms with Gasteiger partial charge in [0.15, 0.2) is 11.6 Å². The van der Waals surface area contributed by atoms with Crippen LogP contribution in [0.25, 0.3) is 0 Å². The largest absolute Gasteiger partial charge is 0.460 e. The van der Waals surface area contributed by atoms with E-state index in [-0.39, 0.29) is 11.6 Å². The molecule has 0 aromatic heterocycles. The highest BCUT2D eigenvalue weighted by Crippen LogP contribution is 2.33. The van der Waals surface area contributed by atoms with Crippen molar-refractivity contribution in [1.29, 1.82) is 0 Å². The Kier molecular flexibility index (Phi) is 3.97. The summed E-state index contributed by atoms with van der Waals surface area (Å²) in [5.41, 5.74) is 1.79. The van der Waals surface area contributed by atoms with E-state index in [0.29, 0.717) is 5.92 Å². The molecule has 1 aromatic rings. The van der Waals surface area contributed by atoms with Crippen LogP contribution in [0.1, 0.15) is 37.3 Å². The van der Waals surface area contributed by atoms with Gasteiger partial charge in [-0.2, -0.15) is 0 Å². The monoisotopic (exact) mass is 240 g/mol. The Morgan fingerprint density at radius 3 is 2.94 bits per heavy atom. The van der Waals surface area contributed by atoms with Crippen molar-refractivity contribution in [1.82, 2.24) is 0 Å². The fourth-order valence-corrected chi connectivity index (χ4v) is 2.69. The third-order valence-electron chi connectivity index (χ3n) is 3.52. The third-order valence-corrected chi connectivity index (χ3v) is 3.52. The van der Waals surface area contributed by atoms with Crippen molar-refractivity contribution >= 4 is 0 Å². The zero-order valence-electron chi connectivity index (χ0n) is 10.1. The van der Waals surface area contributed by atoms with Crippen LogP contribution in [0.3, 0.4) is 0 Å². The molecule has 0 fully saturated rings. The van der Waals surface area contributed by atoms with E-state index in [1.165, 1.54) is 12.8 Å². The second kappa shape index (κ2) is 5.48. The smallest absolute Gasteiger partial charge is 0.228 e. The van der Waals surface area contributed by atoms with Crippen LogP contribution in [0.5, 0.6) is 5.75 Å². The van der Waals surface area contributed by atoms with E-state index in [9.17, 15) is 8.78 Å². The van der Waals surface area contributed by atoms with Crippen LogP contribution in [0.2, 0.25) is 0 Å². The average molecular weight is 240 g/mol. The molecule has 94 valence electrons. The molecule has 3 heteroatoms. The second-order valence-electron chi connectivity index (χ2n) is 4.67. The van der Waals surface area contributed by atoms with Crippen LogP contribution >= 0.6 is 0 Å². The second-order valence-corrected chi connectivity index (χ2v) is 4.67. The summed E-state index contributed by atoms with van der Waals surface area (Å²) in [6, 6.07) is 3.42. The fraction of sp³-hybridized carbons (Fsp3) is 0.571. The lowest BCUT2D eigenvalue weighted by atomic mass is 9.81. The van der Waals surface area contributed by atoms with Gasteiger partial charge in [-0.05, 0) is 42.4 Å². The first-order chi connectivity index (χ1) is 8.26. The molecule has 0 bridgehead atoms. The van der Waals surface area contributed by atoms with Gasteiger partial charge in [-0.1, -0.05) is 25.8 Å². The van der Waals surface area contributed by atoms with Gasteiger partial charge in [0, 0.05) is 0 Å². The van der Waals surface area contributed by atoms with Gasteiger partial charge in [-0.15, -0.1) is 0 Å². The normalized spacial score (nSPS) is 18.9. The quantitative estimate of drug-likeness (QED) is 0.771. The van der Waals surface area contributed by atoms with Gasteiger partial charge in [-0.3, -0.25) is 0 Å². The van der Waals surface area contributed by atoms with E-state index >= 15 is 0 Å². The van der Waals surface area contributed by atoms with Crippen LogP contribution < -0.4 is 4.74 Å². The summed E-state index contributed by atoms with van der Waals surface area (Å²) in [4.78, 5) is 0. The molecule has 0 heterocycles. The molecule has 0 saturated heterocycles. The minimum Gasteiger partial charge on any atom is -0.460 e. The average Bonchev–Trinajstić information content (AvgIpc) is 2.33. The SMILES string of the molecule is CCCC1CCc2c(ccc(OCF)c2F)C1. The van der Waals surface area contributed by atoms with Gasteiger partial charge in [0.25, 0.3) is 0 Å². The Labute approximate surface area is 101 Å². The number of fused-ring (bicyclic) bond motifs is 1. The number of hydrogen-bond donors (Lipinski definition) is 0. The summed E-state index contributed by atoms with van der Waals surface area (Å²) in [7, 11) is 0. The van der Waals surface area contributed by atoms with Gasteiger partial charge < -0.3 is 4.74 Å². The zero-order chi connectivity index (χ0) is 12.3. The molecule has 1 aliphatic rings. The molecular formula is C14H18F2O. The highest BCUT2D eigenvalue weighted by molar-refractivity contribution is 5.39. The van der Waals surface area contributed by atoms with Gasteiger partial charge in [-0.25, -0.2) is 8.78 Å². The Bertz CT molecular complexity index is 390.